The molecule has 1 aromatic rings. The molecule has 1 amide bonds. The van der Waals surface area contributed by atoms with Crippen LogP contribution in [0.2, 0.25) is 0 Å². The average molecular weight is 368 g/mol. The van der Waals surface area contributed by atoms with Crippen LogP contribution in [0.3, 0.4) is 0 Å². The van der Waals surface area contributed by atoms with E-state index in [9.17, 15) is 13.2 Å². The Morgan fingerprint density at radius 3 is 2.67 bits per heavy atom. The smallest absolute Gasteiger partial charge is 0.247 e. The maximum absolute atomic E-state index is 12.7. The number of thioether (sulfide) groups is 1. The molecule has 0 radical (unpaired) electrons. The standard InChI is InChI=1S/C16H20N2O4S2/c1-18-7-6-11-8-16(11,24(18,20)21)15(19)17-12-2-4-13(5-3-12)22-14-9-23-10-14/h2-5,11,14H,6-10H2,1H3,(H,17,19)/t11-,16+/m0/s1. The molecule has 1 aromatic carbocycles. The zero-order valence-electron chi connectivity index (χ0n) is 13.4. The van der Waals surface area contributed by atoms with Crippen molar-refractivity contribution in [2.24, 2.45) is 5.92 Å². The molecule has 2 heterocycles. The highest BCUT2D eigenvalue weighted by atomic mass is 32.2. The van der Waals surface area contributed by atoms with E-state index in [0.29, 0.717) is 18.7 Å². The van der Waals surface area contributed by atoms with Gasteiger partial charge in [-0.15, -0.1) is 0 Å². The predicted octanol–water partition coefficient (Wildman–Crippen LogP) is 1.54. The van der Waals surface area contributed by atoms with E-state index in [2.05, 4.69) is 5.32 Å². The second-order valence-corrected chi connectivity index (χ2v) is 10.0. The monoisotopic (exact) mass is 368 g/mol. The van der Waals surface area contributed by atoms with Crippen molar-refractivity contribution >= 4 is 33.4 Å². The summed E-state index contributed by atoms with van der Waals surface area (Å²) >= 11 is 1.85. The number of benzene rings is 1. The lowest BCUT2D eigenvalue weighted by atomic mass is 10.2. The Bertz CT molecular complexity index is 761. The van der Waals surface area contributed by atoms with Crippen LogP contribution in [0.25, 0.3) is 0 Å². The highest BCUT2D eigenvalue weighted by Gasteiger charge is 2.71. The SMILES string of the molecule is CN1CC[C@H]2C[C@@]2(C(=O)Nc2ccc(OC3CSC3)cc2)S1(=O)=O. The van der Waals surface area contributed by atoms with Gasteiger partial charge in [0.2, 0.25) is 15.9 Å². The van der Waals surface area contributed by atoms with E-state index in [1.807, 2.05) is 23.9 Å². The fourth-order valence-corrected chi connectivity index (χ4v) is 6.12. The van der Waals surface area contributed by atoms with Crippen molar-refractivity contribution in [3.63, 3.8) is 0 Å². The van der Waals surface area contributed by atoms with Crippen LogP contribution >= 0.6 is 11.8 Å². The van der Waals surface area contributed by atoms with Crippen molar-refractivity contribution in [2.45, 2.75) is 23.7 Å². The number of nitrogens with one attached hydrogen (secondary N) is 1. The van der Waals surface area contributed by atoms with E-state index in [4.69, 9.17) is 4.74 Å². The molecule has 0 bridgehead atoms. The molecule has 1 aliphatic carbocycles. The van der Waals surface area contributed by atoms with Gasteiger partial charge in [-0.1, -0.05) is 0 Å². The number of ether oxygens (including phenoxy) is 1. The number of sulfonamides is 1. The lowest BCUT2D eigenvalue weighted by Gasteiger charge is -2.29. The Balaban J connectivity index is 1.46. The van der Waals surface area contributed by atoms with Gasteiger partial charge in [-0.05, 0) is 43.0 Å². The Kier molecular flexibility index (Phi) is 3.81. The fraction of sp³-hybridized carbons (Fsp3) is 0.562. The maximum atomic E-state index is 12.7. The molecule has 2 aliphatic heterocycles. The summed E-state index contributed by atoms with van der Waals surface area (Å²) < 4.78 is 30.9. The first-order chi connectivity index (χ1) is 11.4. The third-order valence-corrected chi connectivity index (χ3v) is 8.94. The molecule has 0 spiro atoms. The van der Waals surface area contributed by atoms with Gasteiger partial charge in [-0.2, -0.15) is 11.8 Å². The average Bonchev–Trinajstić information content (AvgIpc) is 3.26. The van der Waals surface area contributed by atoms with Crippen molar-refractivity contribution in [1.82, 2.24) is 4.31 Å². The van der Waals surface area contributed by atoms with E-state index < -0.39 is 20.7 Å². The van der Waals surface area contributed by atoms with Gasteiger partial charge in [-0.3, -0.25) is 4.79 Å². The summed E-state index contributed by atoms with van der Waals surface area (Å²) in [6.07, 6.45) is 1.44. The molecule has 6 nitrogen and oxygen atoms in total. The van der Waals surface area contributed by atoms with Gasteiger partial charge in [0.15, 0.2) is 4.75 Å². The summed E-state index contributed by atoms with van der Waals surface area (Å²) in [5, 5.41) is 2.77. The zero-order valence-corrected chi connectivity index (χ0v) is 15.0. The van der Waals surface area contributed by atoms with E-state index in [-0.39, 0.29) is 12.0 Å². The Labute approximate surface area is 146 Å². The van der Waals surface area contributed by atoms with Crippen LogP contribution in [0, 0.1) is 5.92 Å². The number of fused-ring (bicyclic) bond motifs is 1. The molecule has 0 unspecified atom stereocenters. The van der Waals surface area contributed by atoms with E-state index in [1.165, 1.54) is 4.31 Å². The topological polar surface area (TPSA) is 75.7 Å². The summed E-state index contributed by atoms with van der Waals surface area (Å²) in [4.78, 5) is 12.7. The molecule has 2 atom stereocenters. The van der Waals surface area contributed by atoms with Crippen LogP contribution in [0.15, 0.2) is 24.3 Å². The Morgan fingerprint density at radius 2 is 2.04 bits per heavy atom. The summed E-state index contributed by atoms with van der Waals surface area (Å²) in [5.74, 6) is 2.31. The first kappa shape index (κ1) is 16.2. The van der Waals surface area contributed by atoms with Crippen LogP contribution in [0.4, 0.5) is 5.69 Å². The molecule has 24 heavy (non-hydrogen) atoms. The van der Waals surface area contributed by atoms with Crippen molar-refractivity contribution < 1.29 is 17.9 Å². The molecule has 2 saturated heterocycles. The second kappa shape index (κ2) is 5.64. The summed E-state index contributed by atoms with van der Waals surface area (Å²) in [6.45, 7) is 0.494. The Hall–Kier alpha value is -1.25. The molecular weight excluding hydrogens is 348 g/mol. The molecule has 8 heteroatoms. The van der Waals surface area contributed by atoms with E-state index in [1.54, 1.807) is 19.2 Å². The van der Waals surface area contributed by atoms with Gasteiger partial charge in [0.05, 0.1) is 0 Å². The van der Waals surface area contributed by atoms with Crippen LogP contribution in [0.5, 0.6) is 5.75 Å². The van der Waals surface area contributed by atoms with Crippen LogP contribution in [-0.4, -0.2) is 54.6 Å². The number of rotatable bonds is 4. The highest BCUT2D eigenvalue weighted by molar-refractivity contribution is 8.00. The zero-order chi connectivity index (χ0) is 16.9. The lowest BCUT2D eigenvalue weighted by molar-refractivity contribution is -0.117. The van der Waals surface area contributed by atoms with Gasteiger partial charge in [0, 0.05) is 30.8 Å². The number of carbonyl (C=O) groups excluding carboxylic acids is 1. The minimum absolute atomic E-state index is 0.0579. The van der Waals surface area contributed by atoms with E-state index >= 15 is 0 Å². The maximum Gasteiger partial charge on any atom is 0.247 e. The minimum Gasteiger partial charge on any atom is -0.489 e. The number of nitrogens with zero attached hydrogens (tertiary/aromatic N) is 1. The Morgan fingerprint density at radius 1 is 1.33 bits per heavy atom. The molecule has 1 saturated carbocycles. The fourth-order valence-electron chi connectivity index (χ4n) is 3.42. The number of amides is 1. The summed E-state index contributed by atoms with van der Waals surface area (Å²) in [7, 11) is -2.03. The molecule has 4 rings (SSSR count). The molecule has 130 valence electrons. The summed E-state index contributed by atoms with van der Waals surface area (Å²) in [5.41, 5.74) is 0.596. The first-order valence-electron chi connectivity index (χ1n) is 8.05. The molecule has 3 aliphatic rings. The molecule has 0 aromatic heterocycles. The number of hydrogen-bond acceptors (Lipinski definition) is 5. The third-order valence-electron chi connectivity index (χ3n) is 5.12. The van der Waals surface area contributed by atoms with Crippen molar-refractivity contribution in [3.05, 3.63) is 24.3 Å². The van der Waals surface area contributed by atoms with Crippen LogP contribution in [-0.2, 0) is 14.8 Å². The van der Waals surface area contributed by atoms with Crippen molar-refractivity contribution in [1.29, 1.82) is 0 Å². The predicted molar refractivity (Wildman–Crippen MR) is 93.8 cm³/mol. The van der Waals surface area contributed by atoms with E-state index in [0.717, 1.165) is 23.7 Å². The number of hydrogen-bond donors (Lipinski definition) is 1. The van der Waals surface area contributed by atoms with Gasteiger partial charge < -0.3 is 10.1 Å². The van der Waals surface area contributed by atoms with Crippen LogP contribution < -0.4 is 10.1 Å². The third kappa shape index (κ3) is 2.43. The van der Waals surface area contributed by atoms with Gasteiger partial charge in [0.1, 0.15) is 11.9 Å². The van der Waals surface area contributed by atoms with Gasteiger partial charge >= 0.3 is 0 Å². The number of carbonyl (C=O) groups is 1. The van der Waals surface area contributed by atoms with Crippen molar-refractivity contribution in [3.8, 4) is 5.75 Å². The van der Waals surface area contributed by atoms with Crippen molar-refractivity contribution in [2.75, 3.05) is 30.4 Å². The largest absolute Gasteiger partial charge is 0.489 e. The second-order valence-electron chi connectivity index (χ2n) is 6.66. The first-order valence-corrected chi connectivity index (χ1v) is 10.6. The molecule has 1 N–H and O–H groups in total. The normalized spacial score (nSPS) is 31.6. The number of anilines is 1. The minimum atomic E-state index is -3.57. The van der Waals surface area contributed by atoms with Gasteiger partial charge in [-0.25, -0.2) is 12.7 Å². The lowest BCUT2D eigenvalue weighted by Crippen LogP contribution is -2.50. The highest BCUT2D eigenvalue weighted by Crippen LogP contribution is 2.56. The molecule has 3 fully saturated rings. The summed E-state index contributed by atoms with van der Waals surface area (Å²) in [6, 6.07) is 7.13. The molecular formula is C16H20N2O4S2. The quantitative estimate of drug-likeness (QED) is 0.873. The van der Waals surface area contributed by atoms with Crippen LogP contribution in [0.1, 0.15) is 12.8 Å². The van der Waals surface area contributed by atoms with Gasteiger partial charge in [0.25, 0.3) is 0 Å².